The second kappa shape index (κ2) is 9.02. The van der Waals surface area contributed by atoms with Crippen LogP contribution in [0.2, 0.25) is 0 Å². The molecule has 1 heterocycles. The van der Waals surface area contributed by atoms with E-state index in [0.29, 0.717) is 17.0 Å². The van der Waals surface area contributed by atoms with E-state index in [0.717, 1.165) is 22.8 Å². The third-order valence-corrected chi connectivity index (χ3v) is 6.98. The summed E-state index contributed by atoms with van der Waals surface area (Å²) in [6, 6.07) is 14.2. The Balaban J connectivity index is 1.98. The number of aryl methyl sites for hydroxylation is 1. The molecule has 0 aromatic heterocycles. The minimum Gasteiger partial charge on any atom is -0.395 e. The number of para-hydroxylation sites is 1. The molecule has 2 aromatic carbocycles. The first kappa shape index (κ1) is 23.3. The summed E-state index contributed by atoms with van der Waals surface area (Å²) in [7, 11) is -1.57. The van der Waals surface area contributed by atoms with Gasteiger partial charge in [0.15, 0.2) is 0 Å². The Hall–Kier alpha value is -2.36. The van der Waals surface area contributed by atoms with E-state index in [4.69, 9.17) is 10.9 Å². The van der Waals surface area contributed by atoms with Crippen molar-refractivity contribution in [3.63, 3.8) is 0 Å². The molecule has 0 spiro atoms. The molecule has 2 atom stereocenters. The summed E-state index contributed by atoms with van der Waals surface area (Å²) >= 11 is 1.40. The largest absolute Gasteiger partial charge is 0.430 e. The molecule has 0 amide bonds. The maximum absolute atomic E-state index is 13.2. The highest BCUT2D eigenvalue weighted by molar-refractivity contribution is 8.04. The minimum absolute atomic E-state index is 0.243. The van der Waals surface area contributed by atoms with Crippen LogP contribution in [-0.4, -0.2) is 20.8 Å². The van der Waals surface area contributed by atoms with Crippen molar-refractivity contribution in [3.8, 4) is 0 Å². The molecular formula is C22H22F3N3OS2. The summed E-state index contributed by atoms with van der Waals surface area (Å²) in [6.07, 6.45) is -3.26. The predicted octanol–water partition coefficient (Wildman–Crippen LogP) is 5.39. The third kappa shape index (κ3) is 5.47. The van der Waals surface area contributed by atoms with Gasteiger partial charge < -0.3 is 5.73 Å². The number of aliphatic imine (C=N–C) groups is 1. The Morgan fingerprint density at radius 3 is 2.42 bits per heavy atom. The van der Waals surface area contributed by atoms with E-state index in [2.05, 4.69) is 4.99 Å². The highest BCUT2D eigenvalue weighted by Crippen LogP contribution is 2.46. The molecule has 2 aromatic rings. The highest BCUT2D eigenvalue weighted by Gasteiger charge is 2.38. The molecule has 1 aliphatic heterocycles. The topological polar surface area (TPSA) is 81.5 Å². The van der Waals surface area contributed by atoms with Crippen LogP contribution in [0.5, 0.6) is 0 Å². The van der Waals surface area contributed by atoms with E-state index in [1.807, 2.05) is 31.4 Å². The van der Waals surface area contributed by atoms with E-state index in [9.17, 15) is 17.4 Å². The first-order valence-corrected chi connectivity index (χ1v) is 11.4. The van der Waals surface area contributed by atoms with Crippen LogP contribution in [0.4, 0.5) is 18.9 Å². The van der Waals surface area contributed by atoms with Gasteiger partial charge in [-0.1, -0.05) is 30.3 Å². The first-order valence-electron chi connectivity index (χ1n) is 9.32. The molecule has 0 radical (unpaired) electrons. The van der Waals surface area contributed by atoms with Gasteiger partial charge in [-0.15, -0.1) is 11.8 Å². The molecule has 1 aliphatic rings. The molecule has 4 nitrogen and oxygen atoms in total. The van der Waals surface area contributed by atoms with E-state index < -0.39 is 27.6 Å². The van der Waals surface area contributed by atoms with Crippen LogP contribution >= 0.6 is 11.8 Å². The smallest absolute Gasteiger partial charge is 0.395 e. The zero-order chi connectivity index (χ0) is 22.8. The average Bonchev–Trinajstić information content (AvgIpc) is 3.11. The maximum atomic E-state index is 13.2. The summed E-state index contributed by atoms with van der Waals surface area (Å²) in [6.45, 7) is 3.70. The van der Waals surface area contributed by atoms with Crippen molar-refractivity contribution in [2.45, 2.75) is 36.1 Å². The van der Waals surface area contributed by atoms with Crippen molar-refractivity contribution in [2.24, 2.45) is 15.9 Å². The summed E-state index contributed by atoms with van der Waals surface area (Å²) in [5.74, 6) is 0. The Morgan fingerprint density at radius 1 is 1.19 bits per heavy atom. The van der Waals surface area contributed by atoms with E-state index >= 15 is 0 Å². The standard InChI is InChI=1S/C22H22F3N3OS2/c1-14-5-3-4-6-18(14)28-20(11-19(26)22(23,24)25)21(2)12-16(13-30-21)15-7-9-17(10-8-15)31(27)29/h3-11,13H,12,26-27H2,1-2H3. The number of benzene rings is 2. The molecule has 2 unspecified atom stereocenters. The van der Waals surface area contributed by atoms with Gasteiger partial charge >= 0.3 is 6.18 Å². The number of nitrogens with two attached hydrogens (primary N) is 2. The van der Waals surface area contributed by atoms with E-state index in [1.54, 1.807) is 36.4 Å². The Labute approximate surface area is 185 Å². The molecule has 0 fully saturated rings. The first-order chi connectivity index (χ1) is 14.5. The van der Waals surface area contributed by atoms with Crippen LogP contribution in [0.1, 0.15) is 24.5 Å². The van der Waals surface area contributed by atoms with Gasteiger partial charge in [0.25, 0.3) is 0 Å². The molecule has 3 rings (SSSR count). The van der Waals surface area contributed by atoms with Crippen molar-refractivity contribution >= 4 is 39.7 Å². The number of halogens is 3. The van der Waals surface area contributed by atoms with Crippen LogP contribution in [-0.2, 0) is 11.0 Å². The zero-order valence-corrected chi connectivity index (χ0v) is 18.6. The third-order valence-electron chi connectivity index (χ3n) is 4.96. The number of allylic oxidation sites excluding steroid dienone is 3. The zero-order valence-electron chi connectivity index (χ0n) is 16.9. The van der Waals surface area contributed by atoms with Gasteiger partial charge in [-0.2, -0.15) is 13.2 Å². The van der Waals surface area contributed by atoms with Gasteiger partial charge in [0.2, 0.25) is 0 Å². The summed E-state index contributed by atoms with van der Waals surface area (Å²) in [5, 5.41) is 7.31. The van der Waals surface area contributed by atoms with Crippen LogP contribution < -0.4 is 10.9 Å². The van der Waals surface area contributed by atoms with Gasteiger partial charge in [-0.05, 0) is 66.7 Å². The molecule has 164 valence electrons. The Kier molecular flexibility index (Phi) is 6.78. The lowest BCUT2D eigenvalue weighted by atomic mass is 9.92. The lowest BCUT2D eigenvalue weighted by molar-refractivity contribution is -0.0925. The number of hydrogen-bond donors (Lipinski definition) is 2. The second-order valence-corrected chi connectivity index (χ2v) is 9.81. The number of nitrogens with zero attached hydrogens (tertiary/aromatic N) is 1. The summed E-state index contributed by atoms with van der Waals surface area (Å²) in [4.78, 5) is 5.08. The van der Waals surface area contributed by atoms with Gasteiger partial charge in [-0.3, -0.25) is 4.99 Å². The van der Waals surface area contributed by atoms with Crippen molar-refractivity contribution in [1.82, 2.24) is 0 Å². The van der Waals surface area contributed by atoms with Crippen molar-refractivity contribution in [1.29, 1.82) is 0 Å². The normalized spacial score (nSPS) is 21.2. The fourth-order valence-electron chi connectivity index (χ4n) is 3.12. The molecule has 0 aliphatic carbocycles. The monoisotopic (exact) mass is 465 g/mol. The molecule has 4 N–H and O–H groups in total. The summed E-state index contributed by atoms with van der Waals surface area (Å²) in [5.41, 5.74) is 7.67. The summed E-state index contributed by atoms with van der Waals surface area (Å²) < 4.78 is 50.2. The molecule has 0 saturated carbocycles. The second-order valence-electron chi connectivity index (χ2n) is 7.37. The van der Waals surface area contributed by atoms with Gasteiger partial charge in [0.1, 0.15) is 16.7 Å². The number of alkyl halides is 3. The molecule has 9 heteroatoms. The molecular weight excluding hydrogens is 443 g/mol. The van der Waals surface area contributed by atoms with Crippen LogP contribution in [0.25, 0.3) is 5.57 Å². The van der Waals surface area contributed by atoms with Gasteiger partial charge in [0, 0.05) is 0 Å². The number of rotatable bonds is 5. The molecule has 0 bridgehead atoms. The quantitative estimate of drug-likeness (QED) is 0.581. The molecule has 31 heavy (non-hydrogen) atoms. The average molecular weight is 466 g/mol. The molecule has 0 saturated heterocycles. The highest BCUT2D eigenvalue weighted by atomic mass is 32.2. The predicted molar refractivity (Wildman–Crippen MR) is 122 cm³/mol. The minimum atomic E-state index is -4.64. The van der Waals surface area contributed by atoms with Crippen molar-refractivity contribution in [2.75, 3.05) is 0 Å². The fourth-order valence-corrected chi connectivity index (χ4v) is 4.61. The van der Waals surface area contributed by atoms with Crippen molar-refractivity contribution < 1.29 is 17.4 Å². The Morgan fingerprint density at radius 2 is 1.84 bits per heavy atom. The lowest BCUT2D eigenvalue weighted by Crippen LogP contribution is -2.31. The van der Waals surface area contributed by atoms with E-state index in [1.165, 1.54) is 11.8 Å². The fraction of sp³-hybridized carbons (Fsp3) is 0.227. The SMILES string of the molecule is Cc1ccccc1N=C(C=C(N)C(F)(F)F)C1(C)CC(c2ccc(S(N)=O)cc2)=CS1. The van der Waals surface area contributed by atoms with Gasteiger partial charge in [0.05, 0.1) is 21.0 Å². The van der Waals surface area contributed by atoms with Crippen LogP contribution in [0, 0.1) is 6.92 Å². The lowest BCUT2D eigenvalue weighted by Gasteiger charge is -2.25. The van der Waals surface area contributed by atoms with E-state index in [-0.39, 0.29) is 5.71 Å². The van der Waals surface area contributed by atoms with Gasteiger partial charge in [-0.25, -0.2) is 9.35 Å². The number of thioether (sulfide) groups is 1. The Bertz CT molecular complexity index is 1090. The van der Waals surface area contributed by atoms with Crippen molar-refractivity contribution in [3.05, 3.63) is 76.8 Å². The number of hydrogen-bond acceptors (Lipinski definition) is 4. The van der Waals surface area contributed by atoms with Crippen LogP contribution in [0.3, 0.4) is 0 Å². The van der Waals surface area contributed by atoms with Crippen LogP contribution in [0.15, 0.2) is 75.6 Å². The maximum Gasteiger partial charge on any atom is 0.430 e.